The lowest BCUT2D eigenvalue weighted by Gasteiger charge is -2.40. The number of allylic oxidation sites excluding steroid dienone is 1. The van der Waals surface area contributed by atoms with Gasteiger partial charge in [-0.1, -0.05) is 44.7 Å². The van der Waals surface area contributed by atoms with Crippen LogP contribution in [0.4, 0.5) is 5.69 Å². The average Bonchev–Trinajstić information content (AvgIpc) is 2.66. The van der Waals surface area contributed by atoms with Crippen molar-refractivity contribution in [2.45, 2.75) is 60.1 Å². The molecule has 162 valence electrons. The summed E-state index contributed by atoms with van der Waals surface area (Å²) >= 11 is 1.72. The van der Waals surface area contributed by atoms with Crippen molar-refractivity contribution in [3.05, 3.63) is 41.1 Å². The van der Waals surface area contributed by atoms with E-state index in [0.29, 0.717) is 11.3 Å². The first-order chi connectivity index (χ1) is 14.1. The van der Waals surface area contributed by atoms with Crippen molar-refractivity contribution in [2.75, 3.05) is 17.6 Å². The molecule has 1 aromatic rings. The van der Waals surface area contributed by atoms with Crippen LogP contribution in [-0.4, -0.2) is 40.3 Å². The molecule has 7 heteroatoms. The van der Waals surface area contributed by atoms with Gasteiger partial charge in [0.1, 0.15) is 0 Å². The summed E-state index contributed by atoms with van der Waals surface area (Å²) in [4.78, 5) is 32.1. The van der Waals surface area contributed by atoms with Gasteiger partial charge < -0.3 is 15.0 Å². The van der Waals surface area contributed by atoms with Crippen molar-refractivity contribution >= 4 is 34.5 Å². The van der Waals surface area contributed by atoms with Crippen LogP contribution >= 0.6 is 11.8 Å². The van der Waals surface area contributed by atoms with Crippen LogP contribution in [0, 0.1) is 5.41 Å². The third-order valence-corrected chi connectivity index (χ3v) is 6.06. The molecule has 1 atom stereocenters. The highest BCUT2D eigenvalue weighted by Crippen LogP contribution is 2.40. The first-order valence-corrected chi connectivity index (χ1v) is 11.4. The van der Waals surface area contributed by atoms with Crippen LogP contribution in [0.1, 0.15) is 59.6 Å². The van der Waals surface area contributed by atoms with E-state index in [1.807, 2.05) is 65.8 Å². The smallest absolute Gasteiger partial charge is 0.338 e. The van der Waals surface area contributed by atoms with Crippen molar-refractivity contribution in [1.29, 1.82) is 0 Å². The van der Waals surface area contributed by atoms with Gasteiger partial charge in [0.05, 0.1) is 23.4 Å². The molecule has 0 radical (unpaired) electrons. The zero-order valence-corrected chi connectivity index (χ0v) is 19.4. The Kier molecular flexibility index (Phi) is 6.60. The molecule has 0 spiro atoms. The Hall–Kier alpha value is -2.28. The predicted molar refractivity (Wildman–Crippen MR) is 122 cm³/mol. The molecule has 0 saturated carbocycles. The fourth-order valence-electron chi connectivity index (χ4n) is 3.42. The Morgan fingerprint density at radius 3 is 2.50 bits per heavy atom. The van der Waals surface area contributed by atoms with E-state index in [9.17, 15) is 9.59 Å². The summed E-state index contributed by atoms with van der Waals surface area (Å²) in [6.45, 7) is 12.1. The summed E-state index contributed by atoms with van der Waals surface area (Å²) in [5, 5.41) is 3.91. The highest BCUT2D eigenvalue weighted by atomic mass is 32.2. The molecular formula is C23H31N3O3S. The van der Waals surface area contributed by atoms with Crippen LogP contribution in [-0.2, 0) is 14.3 Å². The van der Waals surface area contributed by atoms with Crippen LogP contribution in [0.25, 0.3) is 0 Å². The van der Waals surface area contributed by atoms with Crippen molar-refractivity contribution in [1.82, 2.24) is 4.90 Å². The van der Waals surface area contributed by atoms with Crippen LogP contribution < -0.4 is 5.32 Å². The fourth-order valence-corrected chi connectivity index (χ4v) is 4.44. The standard InChI is InChI=1S/C23H31N3O3S/c1-14(2)29-20(27)18-15(3)24-22-26(12-7-13-30-22)19(18)16-8-10-17(11-9-16)25-21(28)23(4,5)6/h8-11,14,19H,7,12-13H2,1-6H3,(H,25,28)/t19-/m0/s1. The summed E-state index contributed by atoms with van der Waals surface area (Å²) in [5.41, 5.74) is 2.54. The Balaban J connectivity index is 1.95. The van der Waals surface area contributed by atoms with Crippen LogP contribution in [0.5, 0.6) is 0 Å². The normalized spacial score (nSPS) is 19.4. The molecule has 2 aliphatic heterocycles. The van der Waals surface area contributed by atoms with E-state index in [1.54, 1.807) is 11.8 Å². The van der Waals surface area contributed by atoms with Crippen molar-refractivity contribution in [2.24, 2.45) is 10.4 Å². The molecular weight excluding hydrogens is 398 g/mol. The van der Waals surface area contributed by atoms with E-state index in [0.717, 1.165) is 35.1 Å². The van der Waals surface area contributed by atoms with Gasteiger partial charge >= 0.3 is 5.97 Å². The lowest BCUT2D eigenvalue weighted by Crippen LogP contribution is -2.42. The fraction of sp³-hybridized carbons (Fsp3) is 0.522. The van der Waals surface area contributed by atoms with Gasteiger partial charge in [-0.25, -0.2) is 9.79 Å². The number of esters is 1. The summed E-state index contributed by atoms with van der Waals surface area (Å²) in [6, 6.07) is 7.48. The molecule has 3 rings (SSSR count). The third kappa shape index (κ3) is 4.89. The van der Waals surface area contributed by atoms with Gasteiger partial charge in [0, 0.05) is 23.4 Å². The number of amides is 1. The van der Waals surface area contributed by atoms with Gasteiger partial charge in [-0.3, -0.25) is 4.79 Å². The molecule has 0 aromatic heterocycles. The van der Waals surface area contributed by atoms with Crippen LogP contribution in [0.2, 0.25) is 0 Å². The molecule has 1 aromatic carbocycles. The zero-order valence-electron chi connectivity index (χ0n) is 18.6. The number of carbonyl (C=O) groups excluding carboxylic acids is 2. The number of benzene rings is 1. The number of nitrogens with zero attached hydrogens (tertiary/aromatic N) is 2. The largest absolute Gasteiger partial charge is 0.459 e. The van der Waals surface area contributed by atoms with Gasteiger partial charge in [-0.2, -0.15) is 0 Å². The van der Waals surface area contributed by atoms with Gasteiger partial charge in [0.2, 0.25) is 5.91 Å². The quantitative estimate of drug-likeness (QED) is 0.700. The molecule has 0 bridgehead atoms. The number of aliphatic imine (C=N–C) groups is 1. The molecule has 0 unspecified atom stereocenters. The van der Waals surface area contributed by atoms with Gasteiger partial charge in [-0.05, 0) is 44.9 Å². The monoisotopic (exact) mass is 429 g/mol. The lowest BCUT2D eigenvalue weighted by atomic mass is 9.93. The number of thioether (sulfide) groups is 1. The second-order valence-corrected chi connectivity index (χ2v) is 10.0. The summed E-state index contributed by atoms with van der Waals surface area (Å²) in [6.07, 6.45) is 0.834. The summed E-state index contributed by atoms with van der Waals surface area (Å²) in [7, 11) is 0. The van der Waals surface area contributed by atoms with Crippen molar-refractivity contribution < 1.29 is 14.3 Å². The van der Waals surface area contributed by atoms with E-state index in [2.05, 4.69) is 10.2 Å². The van der Waals surface area contributed by atoms with Crippen LogP contribution in [0.15, 0.2) is 40.5 Å². The number of amidine groups is 1. The molecule has 1 amide bonds. The van der Waals surface area contributed by atoms with Crippen LogP contribution in [0.3, 0.4) is 0 Å². The second-order valence-electron chi connectivity index (χ2n) is 8.97. The maximum Gasteiger partial charge on any atom is 0.338 e. The first-order valence-electron chi connectivity index (χ1n) is 10.4. The lowest BCUT2D eigenvalue weighted by molar-refractivity contribution is -0.143. The molecule has 30 heavy (non-hydrogen) atoms. The molecule has 2 heterocycles. The van der Waals surface area contributed by atoms with E-state index in [-0.39, 0.29) is 24.0 Å². The highest BCUT2D eigenvalue weighted by Gasteiger charge is 2.38. The molecule has 2 aliphatic rings. The number of fused-ring (bicyclic) bond motifs is 1. The summed E-state index contributed by atoms with van der Waals surface area (Å²) in [5.74, 6) is 0.668. The Morgan fingerprint density at radius 1 is 1.23 bits per heavy atom. The number of hydrogen-bond acceptors (Lipinski definition) is 6. The predicted octanol–water partition coefficient (Wildman–Crippen LogP) is 4.75. The maximum atomic E-state index is 13.0. The molecule has 1 saturated heterocycles. The van der Waals surface area contributed by atoms with E-state index >= 15 is 0 Å². The Morgan fingerprint density at radius 2 is 1.90 bits per heavy atom. The van der Waals surface area contributed by atoms with Crippen molar-refractivity contribution in [3.63, 3.8) is 0 Å². The number of rotatable bonds is 4. The SMILES string of the molecule is CC1=C(C(=O)OC(C)C)[C@H](c2ccc(NC(=O)C(C)(C)C)cc2)N2CCCSC2=N1. The maximum absolute atomic E-state index is 13.0. The van der Waals surface area contributed by atoms with E-state index in [4.69, 9.17) is 9.73 Å². The number of carbonyl (C=O) groups is 2. The van der Waals surface area contributed by atoms with Gasteiger partial charge in [0.15, 0.2) is 5.17 Å². The number of ether oxygens (including phenoxy) is 1. The molecule has 6 nitrogen and oxygen atoms in total. The third-order valence-electron chi connectivity index (χ3n) is 4.99. The zero-order chi connectivity index (χ0) is 22.1. The molecule has 1 fully saturated rings. The Labute approximate surface area is 183 Å². The first kappa shape index (κ1) is 22.4. The number of anilines is 1. The van der Waals surface area contributed by atoms with Gasteiger partial charge in [0.25, 0.3) is 0 Å². The van der Waals surface area contributed by atoms with Gasteiger partial charge in [-0.15, -0.1) is 0 Å². The minimum Gasteiger partial charge on any atom is -0.459 e. The number of nitrogens with one attached hydrogen (secondary N) is 1. The highest BCUT2D eigenvalue weighted by molar-refractivity contribution is 8.13. The minimum atomic E-state index is -0.466. The average molecular weight is 430 g/mol. The number of hydrogen-bond donors (Lipinski definition) is 1. The minimum absolute atomic E-state index is 0.0355. The van der Waals surface area contributed by atoms with E-state index in [1.165, 1.54) is 0 Å². The Bertz CT molecular complexity index is 882. The second kappa shape index (κ2) is 8.84. The van der Waals surface area contributed by atoms with Crippen molar-refractivity contribution in [3.8, 4) is 0 Å². The van der Waals surface area contributed by atoms with E-state index < -0.39 is 5.41 Å². The molecule has 1 N–H and O–H groups in total. The molecule has 0 aliphatic carbocycles. The topological polar surface area (TPSA) is 71.0 Å². The summed E-state index contributed by atoms with van der Waals surface area (Å²) < 4.78 is 5.55.